The van der Waals surface area contributed by atoms with E-state index in [0.717, 1.165) is 11.1 Å². The van der Waals surface area contributed by atoms with Crippen LogP contribution in [0.15, 0.2) is 23.0 Å². The molecule has 2 heterocycles. The number of nitrogens with two attached hydrogens (primary N) is 1. The van der Waals surface area contributed by atoms with Gasteiger partial charge in [-0.1, -0.05) is 5.16 Å². The van der Waals surface area contributed by atoms with Gasteiger partial charge in [0.25, 0.3) is 0 Å². The van der Waals surface area contributed by atoms with E-state index in [2.05, 4.69) is 19.6 Å². The van der Waals surface area contributed by atoms with Gasteiger partial charge in [-0.2, -0.15) is 4.98 Å². The molecule has 0 aliphatic rings. The van der Waals surface area contributed by atoms with Crippen LogP contribution in [0.25, 0.3) is 11.4 Å². The summed E-state index contributed by atoms with van der Waals surface area (Å²) in [6.45, 7) is 1.95. The molecule has 0 radical (unpaired) electrons. The number of hydrogen-bond donors (Lipinski definition) is 1. The summed E-state index contributed by atoms with van der Waals surface area (Å²) in [5, 5.41) is 3.70. The number of aryl methyl sites for hydroxylation is 1. The van der Waals surface area contributed by atoms with Crippen molar-refractivity contribution in [3.05, 3.63) is 24.0 Å². The monoisotopic (exact) mass is 176 g/mol. The van der Waals surface area contributed by atoms with E-state index in [1.165, 1.54) is 0 Å². The van der Waals surface area contributed by atoms with Crippen molar-refractivity contribution in [1.29, 1.82) is 0 Å². The van der Waals surface area contributed by atoms with Crippen LogP contribution in [0.3, 0.4) is 0 Å². The molecule has 0 atom stereocenters. The van der Waals surface area contributed by atoms with Gasteiger partial charge < -0.3 is 10.3 Å². The fourth-order valence-electron chi connectivity index (χ4n) is 1.04. The van der Waals surface area contributed by atoms with Crippen molar-refractivity contribution >= 4 is 6.01 Å². The lowest BCUT2D eigenvalue weighted by molar-refractivity contribution is 0.437. The van der Waals surface area contributed by atoms with Gasteiger partial charge in [-0.3, -0.25) is 4.98 Å². The second-order valence-corrected chi connectivity index (χ2v) is 2.65. The molecule has 2 aromatic heterocycles. The molecule has 0 saturated carbocycles. The molecule has 2 rings (SSSR count). The first-order chi connectivity index (χ1) is 6.27. The maximum Gasteiger partial charge on any atom is 0.319 e. The topological polar surface area (TPSA) is 77.8 Å². The lowest BCUT2D eigenvalue weighted by Gasteiger charge is -1.96. The summed E-state index contributed by atoms with van der Waals surface area (Å²) < 4.78 is 4.66. The van der Waals surface area contributed by atoms with Crippen LogP contribution < -0.4 is 5.73 Å². The van der Waals surface area contributed by atoms with Crippen LogP contribution in [0.5, 0.6) is 0 Å². The fraction of sp³-hybridized carbons (Fsp3) is 0.125. The molecule has 0 aliphatic carbocycles. The molecule has 0 unspecified atom stereocenters. The number of anilines is 1. The Balaban J connectivity index is 2.52. The van der Waals surface area contributed by atoms with Crippen LogP contribution in [0.2, 0.25) is 0 Å². The minimum Gasteiger partial charge on any atom is -0.351 e. The molecule has 0 spiro atoms. The van der Waals surface area contributed by atoms with E-state index < -0.39 is 0 Å². The molecule has 0 saturated heterocycles. The first-order valence-corrected chi connectivity index (χ1v) is 3.77. The summed E-state index contributed by atoms with van der Waals surface area (Å²) in [7, 11) is 0. The molecule has 5 heteroatoms. The summed E-state index contributed by atoms with van der Waals surface area (Å²) in [5.74, 6) is 0.475. The molecule has 2 N–H and O–H groups in total. The summed E-state index contributed by atoms with van der Waals surface area (Å²) in [4.78, 5) is 7.87. The van der Waals surface area contributed by atoms with Gasteiger partial charge in [-0.05, 0) is 18.6 Å². The first kappa shape index (κ1) is 7.72. The minimum atomic E-state index is 0.0678. The highest BCUT2D eigenvalue weighted by molar-refractivity contribution is 5.58. The van der Waals surface area contributed by atoms with E-state index in [1.807, 2.05) is 13.0 Å². The quantitative estimate of drug-likeness (QED) is 0.701. The molecule has 0 aromatic carbocycles. The van der Waals surface area contributed by atoms with Gasteiger partial charge in [0, 0.05) is 18.0 Å². The molecule has 2 aromatic rings. The molecule has 0 aliphatic heterocycles. The van der Waals surface area contributed by atoms with E-state index in [-0.39, 0.29) is 6.01 Å². The number of nitrogen functional groups attached to an aromatic ring is 1. The number of rotatable bonds is 1. The summed E-state index contributed by atoms with van der Waals surface area (Å²) in [6.07, 6.45) is 3.39. The zero-order valence-corrected chi connectivity index (χ0v) is 7.06. The Hall–Kier alpha value is -1.91. The van der Waals surface area contributed by atoms with E-state index in [1.54, 1.807) is 12.4 Å². The molecule has 66 valence electrons. The average Bonchev–Trinajstić information content (AvgIpc) is 2.53. The van der Waals surface area contributed by atoms with Crippen molar-refractivity contribution in [1.82, 2.24) is 15.1 Å². The highest BCUT2D eigenvalue weighted by atomic mass is 16.5. The van der Waals surface area contributed by atoms with Crippen LogP contribution in [0, 0.1) is 6.92 Å². The van der Waals surface area contributed by atoms with Crippen LogP contribution >= 0.6 is 0 Å². The van der Waals surface area contributed by atoms with Gasteiger partial charge in [0.2, 0.25) is 5.82 Å². The number of pyridine rings is 1. The molecule has 5 nitrogen and oxygen atoms in total. The van der Waals surface area contributed by atoms with Gasteiger partial charge in [0.05, 0.1) is 0 Å². The van der Waals surface area contributed by atoms with E-state index in [9.17, 15) is 0 Å². The molecule has 0 amide bonds. The fourth-order valence-corrected chi connectivity index (χ4v) is 1.04. The third kappa shape index (κ3) is 1.35. The van der Waals surface area contributed by atoms with Crippen molar-refractivity contribution in [2.24, 2.45) is 0 Å². The van der Waals surface area contributed by atoms with Gasteiger partial charge in [-0.25, -0.2) is 0 Å². The molecular weight excluding hydrogens is 168 g/mol. The Labute approximate surface area is 74.6 Å². The molecular formula is C8H8N4O. The Bertz CT molecular complexity index is 424. The Morgan fingerprint density at radius 2 is 2.31 bits per heavy atom. The Morgan fingerprint density at radius 1 is 1.46 bits per heavy atom. The van der Waals surface area contributed by atoms with Crippen LogP contribution in [0.4, 0.5) is 6.01 Å². The van der Waals surface area contributed by atoms with Gasteiger partial charge in [-0.15, -0.1) is 0 Å². The molecule has 13 heavy (non-hydrogen) atoms. The third-order valence-electron chi connectivity index (χ3n) is 1.72. The van der Waals surface area contributed by atoms with Gasteiger partial charge in [0.1, 0.15) is 0 Å². The number of aromatic nitrogens is 3. The smallest absolute Gasteiger partial charge is 0.319 e. The normalized spacial score (nSPS) is 10.2. The van der Waals surface area contributed by atoms with Crippen LogP contribution in [-0.4, -0.2) is 15.1 Å². The van der Waals surface area contributed by atoms with E-state index >= 15 is 0 Å². The van der Waals surface area contributed by atoms with E-state index in [0.29, 0.717) is 5.82 Å². The maximum atomic E-state index is 5.31. The van der Waals surface area contributed by atoms with Gasteiger partial charge in [0.15, 0.2) is 0 Å². The standard InChI is InChI=1S/C8H8N4O/c1-5-2-3-10-4-6(5)7-11-8(9)13-12-7/h2-4H,1H3,(H2,9,11,12). The highest BCUT2D eigenvalue weighted by Gasteiger charge is 2.07. The molecule has 0 bridgehead atoms. The van der Waals surface area contributed by atoms with Crippen LogP contribution in [-0.2, 0) is 0 Å². The zero-order valence-electron chi connectivity index (χ0n) is 7.06. The largest absolute Gasteiger partial charge is 0.351 e. The summed E-state index contributed by atoms with van der Waals surface area (Å²) >= 11 is 0. The number of hydrogen-bond acceptors (Lipinski definition) is 5. The van der Waals surface area contributed by atoms with Crippen molar-refractivity contribution in [2.75, 3.05) is 5.73 Å². The Kier molecular flexibility index (Phi) is 1.70. The molecule has 0 fully saturated rings. The first-order valence-electron chi connectivity index (χ1n) is 3.77. The highest BCUT2D eigenvalue weighted by Crippen LogP contribution is 2.18. The SMILES string of the molecule is Cc1ccncc1-c1noc(N)n1. The van der Waals surface area contributed by atoms with Crippen molar-refractivity contribution in [3.63, 3.8) is 0 Å². The maximum absolute atomic E-state index is 5.31. The zero-order chi connectivity index (χ0) is 9.26. The van der Waals surface area contributed by atoms with Crippen LogP contribution in [0.1, 0.15) is 5.56 Å². The number of nitrogens with zero attached hydrogens (tertiary/aromatic N) is 3. The Morgan fingerprint density at radius 3 is 2.92 bits per heavy atom. The van der Waals surface area contributed by atoms with E-state index in [4.69, 9.17) is 5.73 Å². The predicted octanol–water partition coefficient (Wildman–Crippen LogP) is 1.02. The van der Waals surface area contributed by atoms with Crippen molar-refractivity contribution < 1.29 is 4.52 Å². The van der Waals surface area contributed by atoms with Crippen molar-refractivity contribution in [2.45, 2.75) is 6.92 Å². The summed E-state index contributed by atoms with van der Waals surface area (Å²) in [5.41, 5.74) is 7.18. The lowest BCUT2D eigenvalue weighted by Crippen LogP contribution is -1.87. The predicted molar refractivity (Wildman–Crippen MR) is 46.7 cm³/mol. The van der Waals surface area contributed by atoms with Crippen molar-refractivity contribution in [3.8, 4) is 11.4 Å². The summed E-state index contributed by atoms with van der Waals surface area (Å²) in [6, 6.07) is 1.94. The second-order valence-electron chi connectivity index (χ2n) is 2.65. The lowest BCUT2D eigenvalue weighted by atomic mass is 10.1. The second kappa shape index (κ2) is 2.85. The third-order valence-corrected chi connectivity index (χ3v) is 1.72. The minimum absolute atomic E-state index is 0.0678. The van der Waals surface area contributed by atoms with Gasteiger partial charge >= 0.3 is 6.01 Å². The average molecular weight is 176 g/mol.